The monoisotopic (exact) mass is 786 g/mol. The second-order valence-corrected chi connectivity index (χ2v) is 14.3. The average Bonchev–Trinajstić information content (AvgIpc) is 3.18. The van der Waals surface area contributed by atoms with Crippen molar-refractivity contribution < 1.29 is 35.1 Å². The molecule has 0 aliphatic carbocycles. The number of anilines is 2. The second-order valence-electron chi connectivity index (χ2n) is 13.9. The maximum atomic E-state index is 13.0. The van der Waals surface area contributed by atoms with E-state index in [0.29, 0.717) is 51.3 Å². The van der Waals surface area contributed by atoms with E-state index in [2.05, 4.69) is 51.9 Å². The number of unbranched alkanes of at least 4 members (excludes halogenated alkanes) is 3. The summed E-state index contributed by atoms with van der Waals surface area (Å²) in [5.41, 5.74) is 15.3. The predicted octanol–water partition coefficient (Wildman–Crippen LogP) is 1.07. The van der Waals surface area contributed by atoms with Gasteiger partial charge in [0, 0.05) is 31.7 Å². The lowest BCUT2D eigenvalue weighted by molar-refractivity contribution is -0.119. The van der Waals surface area contributed by atoms with Crippen LogP contribution in [0.5, 0.6) is 0 Å². The molecule has 1 heterocycles. The normalized spacial score (nSPS) is 14.3. The number of aromatic nitrogens is 2. The van der Waals surface area contributed by atoms with E-state index in [0.717, 1.165) is 43.2 Å². The van der Waals surface area contributed by atoms with Gasteiger partial charge in [0.05, 0.1) is 12.7 Å². The Morgan fingerprint density at radius 1 is 0.836 bits per heavy atom. The maximum Gasteiger partial charge on any atom is 0.273 e. The van der Waals surface area contributed by atoms with E-state index in [-0.39, 0.29) is 40.9 Å². The van der Waals surface area contributed by atoms with Crippen LogP contribution in [0.25, 0.3) is 0 Å². The van der Waals surface area contributed by atoms with Crippen LogP contribution in [0.3, 0.4) is 0 Å². The number of nitrogens with two attached hydrogens (primary N) is 2. The summed E-state index contributed by atoms with van der Waals surface area (Å²) in [7, 11) is 0. The molecule has 0 saturated carbocycles. The third kappa shape index (κ3) is 15.3. The zero-order valence-electron chi connectivity index (χ0n) is 31.8. The van der Waals surface area contributed by atoms with Gasteiger partial charge < -0.3 is 53.0 Å². The summed E-state index contributed by atoms with van der Waals surface area (Å²) in [5, 5.41) is 58.8. The van der Waals surface area contributed by atoms with E-state index >= 15 is 0 Å². The Hall–Kier alpha value is -3.93. The molecule has 55 heavy (non-hydrogen) atoms. The average molecular weight is 787 g/mol. The summed E-state index contributed by atoms with van der Waals surface area (Å²) in [6.45, 7) is 6.39. The molecule has 0 radical (unpaired) electrons. The number of carbonyl (C=O) groups excluding carboxylic acids is 2. The number of benzene rings is 2. The molecule has 1 aromatic heterocycles. The van der Waals surface area contributed by atoms with Gasteiger partial charge in [-0.1, -0.05) is 74.2 Å². The quantitative estimate of drug-likeness (QED) is 0.0541. The van der Waals surface area contributed by atoms with Gasteiger partial charge in [-0.15, -0.1) is 0 Å². The molecule has 3 aromatic rings. The summed E-state index contributed by atoms with van der Waals surface area (Å²) >= 11 is 5.97. The fraction of sp³-hybridized carbons (Fsp3) is 0.538. The molecule has 0 aliphatic heterocycles. The standard InChI is InChI=1S/C39H59ClN8O7/c1-3-4-5-8-18-48(23-30(50)33(52)34(53)31(51)24-49)19-17-44-38(54)28-13-11-26(12-14-28)15-16-43-21-27(20-29-10-7-6-9-25(29)2)22-45-39(55)32-36(41)47-37(42)35(40)46-32/h6-7,9-14,27,30-31,33-34,43,49-53H,3-5,8,15-24H2,1-2H3,(H,44,54)(H,45,55)(H4,41,42,47)/t27?,30-,31+,33+,34+/m0/s1. The van der Waals surface area contributed by atoms with E-state index in [1.807, 2.05) is 29.2 Å². The largest absolute Gasteiger partial charge is 0.394 e. The molecule has 0 aliphatic rings. The first-order valence-corrected chi connectivity index (χ1v) is 19.3. The van der Waals surface area contributed by atoms with Gasteiger partial charge in [0.15, 0.2) is 22.5 Å². The summed E-state index contributed by atoms with van der Waals surface area (Å²) in [6.07, 6.45) is -0.863. The number of nitrogens with one attached hydrogen (secondary N) is 3. The SMILES string of the molecule is CCCCCCN(CCNC(=O)c1ccc(CCNCC(CNC(=O)c2nc(Cl)c(N)nc2N)Cc2ccccc2C)cc1)C[C@H](O)[C@@H](O)[C@H](O)[C@H](O)CO. The zero-order valence-corrected chi connectivity index (χ0v) is 32.6. The van der Waals surface area contributed by atoms with E-state index < -0.39 is 36.9 Å². The van der Waals surface area contributed by atoms with Crippen LogP contribution in [0.15, 0.2) is 48.5 Å². The number of halogens is 1. The first-order valence-electron chi connectivity index (χ1n) is 18.9. The molecule has 2 aromatic carbocycles. The van der Waals surface area contributed by atoms with E-state index in [4.69, 9.17) is 28.2 Å². The molecular weight excluding hydrogens is 728 g/mol. The van der Waals surface area contributed by atoms with Crippen LogP contribution in [-0.2, 0) is 12.8 Å². The fourth-order valence-electron chi connectivity index (χ4n) is 6.08. The number of hydrogen-bond donors (Lipinski definition) is 10. The number of aliphatic hydroxyl groups excluding tert-OH is 5. The second kappa shape index (κ2) is 23.9. The van der Waals surface area contributed by atoms with Crippen LogP contribution >= 0.6 is 11.6 Å². The first kappa shape index (κ1) is 45.5. The van der Waals surface area contributed by atoms with Crippen molar-refractivity contribution in [1.29, 1.82) is 0 Å². The molecule has 0 bridgehead atoms. The number of rotatable bonds is 25. The molecule has 0 saturated heterocycles. The smallest absolute Gasteiger partial charge is 0.273 e. The number of aryl methyl sites for hydroxylation is 1. The molecule has 15 nitrogen and oxygen atoms in total. The van der Waals surface area contributed by atoms with Crippen molar-refractivity contribution in [2.75, 3.05) is 63.9 Å². The number of aliphatic hydroxyl groups is 5. The Bertz CT molecular complexity index is 1620. The molecule has 0 spiro atoms. The van der Waals surface area contributed by atoms with E-state index in [1.54, 1.807) is 12.1 Å². The number of amides is 2. The van der Waals surface area contributed by atoms with E-state index in [9.17, 15) is 30.0 Å². The molecule has 5 atom stereocenters. The van der Waals surface area contributed by atoms with Crippen molar-refractivity contribution in [1.82, 2.24) is 30.8 Å². The summed E-state index contributed by atoms with van der Waals surface area (Å²) in [4.78, 5) is 35.7. The minimum atomic E-state index is -1.69. The molecule has 16 heteroatoms. The number of nitrogen functional groups attached to an aromatic ring is 2. The molecule has 2 amide bonds. The Labute approximate surface area is 328 Å². The minimum Gasteiger partial charge on any atom is -0.394 e. The zero-order chi connectivity index (χ0) is 40.3. The fourth-order valence-corrected chi connectivity index (χ4v) is 6.21. The molecule has 12 N–H and O–H groups in total. The van der Waals surface area contributed by atoms with Gasteiger partial charge >= 0.3 is 0 Å². The van der Waals surface area contributed by atoms with Crippen LogP contribution in [-0.4, -0.2) is 129 Å². The number of carbonyl (C=O) groups is 2. The summed E-state index contributed by atoms with van der Waals surface area (Å²) < 4.78 is 0. The van der Waals surface area contributed by atoms with Gasteiger partial charge in [0.1, 0.15) is 18.3 Å². The van der Waals surface area contributed by atoms with Gasteiger partial charge in [0.25, 0.3) is 11.8 Å². The lowest BCUT2D eigenvalue weighted by Crippen LogP contribution is -2.50. The third-order valence-corrected chi connectivity index (χ3v) is 9.77. The highest BCUT2D eigenvalue weighted by Crippen LogP contribution is 2.18. The topological polar surface area (TPSA) is 252 Å². The van der Waals surface area contributed by atoms with Crippen LogP contribution < -0.4 is 27.4 Å². The maximum absolute atomic E-state index is 13.0. The Morgan fingerprint density at radius 3 is 2.24 bits per heavy atom. The summed E-state index contributed by atoms with van der Waals surface area (Å²) in [5.74, 6) is -0.831. The van der Waals surface area contributed by atoms with Gasteiger partial charge in [-0.3, -0.25) is 14.5 Å². The van der Waals surface area contributed by atoms with Crippen molar-refractivity contribution in [3.63, 3.8) is 0 Å². The van der Waals surface area contributed by atoms with Crippen LogP contribution in [0, 0.1) is 12.8 Å². The molecule has 3 rings (SSSR count). The highest BCUT2D eigenvalue weighted by Gasteiger charge is 2.31. The van der Waals surface area contributed by atoms with Crippen molar-refractivity contribution in [2.45, 2.75) is 76.8 Å². The Balaban J connectivity index is 1.50. The Morgan fingerprint density at radius 2 is 1.55 bits per heavy atom. The third-order valence-electron chi connectivity index (χ3n) is 9.49. The minimum absolute atomic E-state index is 0.0195. The first-order chi connectivity index (χ1) is 26.3. The summed E-state index contributed by atoms with van der Waals surface area (Å²) in [6, 6.07) is 15.5. The number of hydrogen-bond acceptors (Lipinski definition) is 13. The van der Waals surface area contributed by atoms with Crippen molar-refractivity contribution >= 4 is 35.1 Å². The van der Waals surface area contributed by atoms with Crippen LogP contribution in [0.2, 0.25) is 5.15 Å². The van der Waals surface area contributed by atoms with Gasteiger partial charge in [-0.2, -0.15) is 0 Å². The predicted molar refractivity (Wildman–Crippen MR) is 214 cm³/mol. The van der Waals surface area contributed by atoms with E-state index in [1.165, 1.54) is 5.56 Å². The van der Waals surface area contributed by atoms with Crippen LogP contribution in [0.1, 0.15) is 70.1 Å². The highest BCUT2D eigenvalue weighted by atomic mass is 35.5. The molecular formula is C39H59ClN8O7. The lowest BCUT2D eigenvalue weighted by atomic mass is 9.95. The number of nitrogens with zero attached hydrogens (tertiary/aromatic N) is 3. The lowest BCUT2D eigenvalue weighted by Gasteiger charge is -2.30. The van der Waals surface area contributed by atoms with Crippen molar-refractivity contribution in [3.8, 4) is 0 Å². The van der Waals surface area contributed by atoms with Gasteiger partial charge in [-0.05, 0) is 80.6 Å². The molecule has 304 valence electrons. The Kier molecular flexibility index (Phi) is 19.7. The van der Waals surface area contributed by atoms with Crippen molar-refractivity contribution in [2.24, 2.45) is 5.92 Å². The molecule has 1 unspecified atom stereocenters. The van der Waals surface area contributed by atoms with Gasteiger partial charge in [-0.25, -0.2) is 9.97 Å². The van der Waals surface area contributed by atoms with Crippen LogP contribution in [0.4, 0.5) is 11.6 Å². The van der Waals surface area contributed by atoms with Crippen molar-refractivity contribution in [3.05, 3.63) is 81.6 Å². The highest BCUT2D eigenvalue weighted by molar-refractivity contribution is 6.31. The molecule has 0 fully saturated rings. The van der Waals surface area contributed by atoms with Gasteiger partial charge in [0.2, 0.25) is 0 Å².